The van der Waals surface area contributed by atoms with Gasteiger partial charge in [-0.25, -0.2) is 0 Å². The van der Waals surface area contributed by atoms with Crippen LogP contribution >= 0.6 is 0 Å². The van der Waals surface area contributed by atoms with E-state index in [0.717, 1.165) is 17.7 Å². The van der Waals surface area contributed by atoms with E-state index in [1.807, 2.05) is 30.3 Å². The lowest BCUT2D eigenvalue weighted by Crippen LogP contribution is -2.30. The minimum absolute atomic E-state index is 0.152. The molecule has 0 aliphatic heterocycles. The molecule has 0 aliphatic carbocycles. The number of carbonyl (C=O) groups is 1. The molecule has 19 heavy (non-hydrogen) atoms. The smallest absolute Gasteiger partial charge is 0.256 e. The standard InChI is InChI=1S/C15H16N2O2/c1-11-9-14(18)13(10-17-11)15(19)16-8-7-12-5-3-2-4-6-12/h2-6,9-10H,7-8H2,1H3,(H,16,19)(H,17,18). The van der Waals surface area contributed by atoms with Gasteiger partial charge in [0.25, 0.3) is 5.91 Å². The number of H-pyrrole nitrogens is 1. The molecular formula is C15H16N2O2. The van der Waals surface area contributed by atoms with Gasteiger partial charge in [0.2, 0.25) is 0 Å². The fraction of sp³-hybridized carbons (Fsp3) is 0.200. The summed E-state index contributed by atoms with van der Waals surface area (Å²) in [5, 5.41) is 2.75. The number of benzene rings is 1. The highest BCUT2D eigenvalue weighted by Crippen LogP contribution is 1.98. The topological polar surface area (TPSA) is 62.0 Å². The van der Waals surface area contributed by atoms with Crippen LogP contribution in [-0.2, 0) is 6.42 Å². The molecule has 0 fully saturated rings. The first kappa shape index (κ1) is 13.1. The first-order chi connectivity index (χ1) is 9.16. The lowest BCUT2D eigenvalue weighted by Gasteiger charge is -2.05. The van der Waals surface area contributed by atoms with Crippen molar-refractivity contribution < 1.29 is 4.79 Å². The van der Waals surface area contributed by atoms with Gasteiger partial charge in [0.15, 0.2) is 5.43 Å². The summed E-state index contributed by atoms with van der Waals surface area (Å²) in [6.45, 7) is 2.29. The summed E-state index contributed by atoms with van der Waals surface area (Å²) in [5.41, 5.74) is 1.79. The van der Waals surface area contributed by atoms with Crippen LogP contribution in [0.15, 0.2) is 47.4 Å². The third-order valence-electron chi connectivity index (χ3n) is 2.84. The molecule has 1 aromatic heterocycles. The van der Waals surface area contributed by atoms with Crippen LogP contribution in [0.2, 0.25) is 0 Å². The predicted molar refractivity (Wildman–Crippen MR) is 74.3 cm³/mol. The van der Waals surface area contributed by atoms with Gasteiger partial charge in [0.05, 0.1) is 0 Å². The Morgan fingerprint density at radius 3 is 2.68 bits per heavy atom. The zero-order valence-electron chi connectivity index (χ0n) is 10.8. The maximum absolute atomic E-state index is 11.8. The average Bonchev–Trinajstić information content (AvgIpc) is 2.39. The second kappa shape index (κ2) is 6.00. The minimum atomic E-state index is -0.336. The number of aryl methyl sites for hydroxylation is 1. The molecule has 2 aromatic rings. The Morgan fingerprint density at radius 2 is 2.00 bits per heavy atom. The Labute approximate surface area is 111 Å². The molecule has 4 nitrogen and oxygen atoms in total. The third kappa shape index (κ3) is 3.55. The molecular weight excluding hydrogens is 240 g/mol. The van der Waals surface area contributed by atoms with Crippen LogP contribution in [0.25, 0.3) is 0 Å². The summed E-state index contributed by atoms with van der Waals surface area (Å²) in [7, 11) is 0. The number of amides is 1. The summed E-state index contributed by atoms with van der Waals surface area (Å²) in [5.74, 6) is -0.336. The second-order valence-corrected chi connectivity index (χ2v) is 4.39. The van der Waals surface area contributed by atoms with E-state index in [9.17, 15) is 9.59 Å². The molecule has 0 bridgehead atoms. The quantitative estimate of drug-likeness (QED) is 0.873. The van der Waals surface area contributed by atoms with Gasteiger partial charge in [-0.2, -0.15) is 0 Å². The first-order valence-corrected chi connectivity index (χ1v) is 6.18. The molecule has 0 aliphatic rings. The summed E-state index contributed by atoms with van der Waals surface area (Å²) >= 11 is 0. The van der Waals surface area contributed by atoms with Gasteiger partial charge in [-0.1, -0.05) is 30.3 Å². The molecule has 4 heteroatoms. The zero-order valence-corrected chi connectivity index (χ0v) is 10.8. The van der Waals surface area contributed by atoms with Gasteiger partial charge in [0.1, 0.15) is 5.56 Å². The number of hydrogen-bond donors (Lipinski definition) is 2. The maximum Gasteiger partial charge on any atom is 0.256 e. The van der Waals surface area contributed by atoms with Crippen molar-refractivity contribution in [2.45, 2.75) is 13.3 Å². The lowest BCUT2D eigenvalue weighted by atomic mass is 10.1. The SMILES string of the molecule is Cc1cc(=O)c(C(=O)NCCc2ccccc2)c[nH]1. The van der Waals surface area contributed by atoms with E-state index in [1.54, 1.807) is 6.92 Å². The highest BCUT2D eigenvalue weighted by atomic mass is 16.2. The molecule has 2 rings (SSSR count). The van der Waals surface area contributed by atoms with E-state index in [4.69, 9.17) is 0 Å². The second-order valence-electron chi connectivity index (χ2n) is 4.39. The van der Waals surface area contributed by atoms with Gasteiger partial charge >= 0.3 is 0 Å². The molecule has 0 spiro atoms. The molecule has 1 amide bonds. The molecule has 2 N–H and O–H groups in total. The van der Waals surface area contributed by atoms with Crippen molar-refractivity contribution in [2.75, 3.05) is 6.54 Å². The lowest BCUT2D eigenvalue weighted by molar-refractivity contribution is 0.0952. The highest BCUT2D eigenvalue weighted by molar-refractivity contribution is 5.93. The fourth-order valence-corrected chi connectivity index (χ4v) is 1.81. The summed E-state index contributed by atoms with van der Waals surface area (Å²) in [4.78, 5) is 26.3. The van der Waals surface area contributed by atoms with Crippen LogP contribution in [-0.4, -0.2) is 17.4 Å². The summed E-state index contributed by atoms with van der Waals surface area (Å²) < 4.78 is 0. The van der Waals surface area contributed by atoms with Gasteiger partial charge in [-0.15, -0.1) is 0 Å². The molecule has 98 valence electrons. The number of hydrogen-bond acceptors (Lipinski definition) is 2. The first-order valence-electron chi connectivity index (χ1n) is 6.18. The van der Waals surface area contributed by atoms with E-state index >= 15 is 0 Å². The largest absolute Gasteiger partial charge is 0.364 e. The van der Waals surface area contributed by atoms with Crippen molar-refractivity contribution >= 4 is 5.91 Å². The minimum Gasteiger partial charge on any atom is -0.364 e. The van der Waals surface area contributed by atoms with Crippen LogP contribution in [0.4, 0.5) is 0 Å². The molecule has 0 unspecified atom stereocenters. The van der Waals surface area contributed by atoms with Gasteiger partial charge in [-0.05, 0) is 18.9 Å². The van der Waals surface area contributed by atoms with Gasteiger partial charge < -0.3 is 10.3 Å². The average molecular weight is 256 g/mol. The molecule has 1 aromatic carbocycles. The number of carbonyl (C=O) groups excluding carboxylic acids is 1. The summed E-state index contributed by atoms with van der Waals surface area (Å²) in [6, 6.07) is 11.3. The van der Waals surface area contributed by atoms with Crippen molar-refractivity contribution in [2.24, 2.45) is 0 Å². The third-order valence-corrected chi connectivity index (χ3v) is 2.84. The Balaban J connectivity index is 1.93. The van der Waals surface area contributed by atoms with Crippen LogP contribution in [0.5, 0.6) is 0 Å². The number of pyridine rings is 1. The van der Waals surface area contributed by atoms with Crippen molar-refractivity contribution in [1.29, 1.82) is 0 Å². The van der Waals surface area contributed by atoms with Crippen LogP contribution in [0, 0.1) is 6.92 Å². The van der Waals surface area contributed by atoms with Crippen LogP contribution < -0.4 is 10.7 Å². The molecule has 0 saturated heterocycles. The van der Waals surface area contributed by atoms with E-state index in [1.165, 1.54) is 12.3 Å². The van der Waals surface area contributed by atoms with Crippen molar-refractivity contribution in [1.82, 2.24) is 10.3 Å². The van der Waals surface area contributed by atoms with Crippen molar-refractivity contribution in [3.8, 4) is 0 Å². The highest BCUT2D eigenvalue weighted by Gasteiger charge is 2.09. The normalized spacial score (nSPS) is 10.2. The van der Waals surface area contributed by atoms with Crippen LogP contribution in [0.1, 0.15) is 21.6 Å². The molecule has 0 saturated carbocycles. The molecule has 0 radical (unpaired) electrons. The summed E-state index contributed by atoms with van der Waals surface area (Å²) in [6.07, 6.45) is 2.20. The Bertz CT molecular complexity index is 618. The Kier molecular flexibility index (Phi) is 4.13. The van der Waals surface area contributed by atoms with Crippen molar-refractivity contribution in [3.05, 3.63) is 69.6 Å². The van der Waals surface area contributed by atoms with E-state index < -0.39 is 0 Å². The van der Waals surface area contributed by atoms with E-state index in [2.05, 4.69) is 10.3 Å². The fourth-order valence-electron chi connectivity index (χ4n) is 1.81. The van der Waals surface area contributed by atoms with E-state index in [0.29, 0.717) is 6.54 Å². The molecule has 0 atom stereocenters. The maximum atomic E-state index is 11.8. The molecule has 1 heterocycles. The predicted octanol–water partition coefficient (Wildman–Crippen LogP) is 1.66. The Morgan fingerprint density at radius 1 is 1.26 bits per heavy atom. The van der Waals surface area contributed by atoms with Crippen molar-refractivity contribution in [3.63, 3.8) is 0 Å². The number of nitrogens with one attached hydrogen (secondary N) is 2. The monoisotopic (exact) mass is 256 g/mol. The Hall–Kier alpha value is -2.36. The number of aromatic amines is 1. The van der Waals surface area contributed by atoms with Gasteiger partial charge in [0, 0.05) is 24.5 Å². The van der Waals surface area contributed by atoms with Gasteiger partial charge in [-0.3, -0.25) is 9.59 Å². The number of aromatic nitrogens is 1. The number of rotatable bonds is 4. The zero-order chi connectivity index (χ0) is 13.7. The van der Waals surface area contributed by atoms with Crippen LogP contribution in [0.3, 0.4) is 0 Å². The van der Waals surface area contributed by atoms with E-state index in [-0.39, 0.29) is 16.9 Å².